The largest absolute Gasteiger partial charge is 0.380 e. The van der Waals surface area contributed by atoms with Crippen molar-refractivity contribution in [2.45, 2.75) is 45.6 Å². The topological polar surface area (TPSA) is 24.5 Å². The summed E-state index contributed by atoms with van der Waals surface area (Å²) in [5.74, 6) is 1.67. The Morgan fingerprint density at radius 1 is 1.33 bits per heavy atom. The van der Waals surface area contributed by atoms with Gasteiger partial charge < -0.3 is 10.1 Å². The van der Waals surface area contributed by atoms with Crippen molar-refractivity contribution in [1.82, 2.24) is 10.2 Å². The molecule has 0 aromatic rings. The van der Waals surface area contributed by atoms with Crippen molar-refractivity contribution >= 4 is 0 Å². The highest BCUT2D eigenvalue weighted by Crippen LogP contribution is 2.40. The minimum Gasteiger partial charge on any atom is -0.380 e. The first kappa shape index (κ1) is 14.3. The zero-order valence-corrected chi connectivity index (χ0v) is 12.4. The molecule has 1 atom stereocenters. The van der Waals surface area contributed by atoms with Crippen LogP contribution in [0.5, 0.6) is 0 Å². The van der Waals surface area contributed by atoms with Gasteiger partial charge in [-0.1, -0.05) is 13.8 Å². The molecule has 0 aromatic heterocycles. The van der Waals surface area contributed by atoms with E-state index in [1.165, 1.54) is 32.4 Å². The summed E-state index contributed by atoms with van der Waals surface area (Å²) < 4.78 is 5.73. The zero-order valence-electron chi connectivity index (χ0n) is 12.4. The van der Waals surface area contributed by atoms with E-state index < -0.39 is 0 Å². The lowest BCUT2D eigenvalue weighted by Crippen LogP contribution is -2.60. The first-order valence-corrected chi connectivity index (χ1v) is 7.65. The fraction of sp³-hybridized carbons (Fsp3) is 1.00. The van der Waals surface area contributed by atoms with E-state index in [1.807, 2.05) is 0 Å². The second-order valence-corrected chi connectivity index (χ2v) is 6.69. The molecule has 0 radical (unpaired) electrons. The number of hydrogen-bond acceptors (Lipinski definition) is 3. The highest BCUT2D eigenvalue weighted by Gasteiger charge is 2.43. The molecule has 1 heterocycles. The highest BCUT2D eigenvalue weighted by molar-refractivity contribution is 5.01. The molecule has 0 bridgehead atoms. The van der Waals surface area contributed by atoms with Crippen LogP contribution in [0.1, 0.15) is 40.0 Å². The van der Waals surface area contributed by atoms with Gasteiger partial charge in [-0.25, -0.2) is 0 Å². The van der Waals surface area contributed by atoms with E-state index in [1.54, 1.807) is 0 Å². The average Bonchev–Trinajstić information content (AvgIpc) is 3.12. The molecule has 2 fully saturated rings. The van der Waals surface area contributed by atoms with Crippen molar-refractivity contribution in [2.24, 2.45) is 11.8 Å². The van der Waals surface area contributed by atoms with Gasteiger partial charge in [0.1, 0.15) is 0 Å². The summed E-state index contributed by atoms with van der Waals surface area (Å²) in [6.07, 6.45) is 4.02. The summed E-state index contributed by atoms with van der Waals surface area (Å²) in [6.45, 7) is 13.3. The van der Waals surface area contributed by atoms with E-state index in [9.17, 15) is 0 Å². The fourth-order valence-corrected chi connectivity index (χ4v) is 2.90. The molecule has 3 nitrogen and oxygen atoms in total. The van der Waals surface area contributed by atoms with E-state index in [0.717, 1.165) is 38.1 Å². The molecule has 0 spiro atoms. The van der Waals surface area contributed by atoms with Gasteiger partial charge in [-0.15, -0.1) is 0 Å². The number of nitrogens with zero attached hydrogens (tertiary/aromatic N) is 1. The zero-order chi connectivity index (χ0) is 13.0. The smallest absolute Gasteiger partial charge is 0.0593 e. The Morgan fingerprint density at radius 3 is 2.78 bits per heavy atom. The van der Waals surface area contributed by atoms with Crippen molar-refractivity contribution in [3.8, 4) is 0 Å². The van der Waals surface area contributed by atoms with Crippen LogP contribution in [0.3, 0.4) is 0 Å². The molecule has 2 rings (SSSR count). The SMILES string of the molecule is CC(C)CCOCCN1CCNC(C)(C2CC2)C1. The van der Waals surface area contributed by atoms with Crippen molar-refractivity contribution < 1.29 is 4.74 Å². The van der Waals surface area contributed by atoms with Crippen LogP contribution in [-0.4, -0.2) is 49.8 Å². The molecule has 18 heavy (non-hydrogen) atoms. The van der Waals surface area contributed by atoms with Crippen molar-refractivity contribution in [2.75, 3.05) is 39.4 Å². The molecule has 1 saturated carbocycles. The van der Waals surface area contributed by atoms with Gasteiger partial charge in [0.05, 0.1) is 6.61 Å². The summed E-state index contributed by atoms with van der Waals surface area (Å²) in [5.41, 5.74) is 0.371. The summed E-state index contributed by atoms with van der Waals surface area (Å²) in [6, 6.07) is 0. The third-order valence-corrected chi connectivity index (χ3v) is 4.38. The van der Waals surface area contributed by atoms with Gasteiger partial charge in [-0.2, -0.15) is 0 Å². The fourth-order valence-electron chi connectivity index (χ4n) is 2.90. The molecular formula is C15H30N2O. The second-order valence-electron chi connectivity index (χ2n) is 6.69. The first-order chi connectivity index (χ1) is 8.60. The van der Waals surface area contributed by atoms with Gasteiger partial charge in [0.25, 0.3) is 0 Å². The van der Waals surface area contributed by atoms with Crippen molar-refractivity contribution in [3.05, 3.63) is 0 Å². The van der Waals surface area contributed by atoms with Crippen LogP contribution in [0.25, 0.3) is 0 Å². The normalized spacial score (nSPS) is 30.0. The third kappa shape index (κ3) is 4.22. The van der Waals surface area contributed by atoms with E-state index in [4.69, 9.17) is 4.74 Å². The summed E-state index contributed by atoms with van der Waals surface area (Å²) in [4.78, 5) is 2.57. The lowest BCUT2D eigenvalue weighted by Gasteiger charge is -2.42. The van der Waals surface area contributed by atoms with Crippen molar-refractivity contribution in [1.29, 1.82) is 0 Å². The van der Waals surface area contributed by atoms with Crippen LogP contribution >= 0.6 is 0 Å². The number of ether oxygens (including phenoxy) is 1. The number of hydrogen-bond donors (Lipinski definition) is 1. The van der Waals surface area contributed by atoms with E-state index >= 15 is 0 Å². The maximum atomic E-state index is 5.73. The minimum absolute atomic E-state index is 0.371. The van der Waals surface area contributed by atoms with Crippen LogP contribution in [0, 0.1) is 11.8 Å². The average molecular weight is 254 g/mol. The van der Waals surface area contributed by atoms with Crippen LogP contribution in [0.4, 0.5) is 0 Å². The molecule has 0 amide bonds. The van der Waals surface area contributed by atoms with E-state index in [0.29, 0.717) is 5.54 Å². The standard InChI is InChI=1S/C15H30N2O/c1-13(2)6-10-18-11-9-17-8-7-16-15(3,12-17)14-4-5-14/h13-14,16H,4-12H2,1-3H3. The lowest BCUT2D eigenvalue weighted by molar-refractivity contribution is 0.0669. The van der Waals surface area contributed by atoms with Gasteiger partial charge in [0, 0.05) is 38.3 Å². The molecule has 1 unspecified atom stereocenters. The number of nitrogens with one attached hydrogen (secondary N) is 1. The quantitative estimate of drug-likeness (QED) is 0.704. The maximum Gasteiger partial charge on any atom is 0.0593 e. The van der Waals surface area contributed by atoms with E-state index in [-0.39, 0.29) is 0 Å². The Morgan fingerprint density at radius 2 is 2.11 bits per heavy atom. The summed E-state index contributed by atoms with van der Waals surface area (Å²) in [7, 11) is 0. The Bertz CT molecular complexity index is 253. The molecule has 1 aliphatic carbocycles. The number of rotatable bonds is 7. The Hall–Kier alpha value is -0.120. The molecule has 1 saturated heterocycles. The van der Waals surface area contributed by atoms with Gasteiger partial charge in [-0.3, -0.25) is 4.90 Å². The van der Waals surface area contributed by atoms with Crippen molar-refractivity contribution in [3.63, 3.8) is 0 Å². The Kier molecular flexibility index (Phi) is 5.05. The second kappa shape index (κ2) is 6.36. The van der Waals surface area contributed by atoms with Crippen LogP contribution in [0.2, 0.25) is 0 Å². The molecule has 2 aliphatic rings. The van der Waals surface area contributed by atoms with Gasteiger partial charge in [0.15, 0.2) is 0 Å². The summed E-state index contributed by atoms with van der Waals surface area (Å²) >= 11 is 0. The molecular weight excluding hydrogens is 224 g/mol. The van der Waals surface area contributed by atoms with Crippen LogP contribution in [0.15, 0.2) is 0 Å². The predicted octanol–water partition coefficient (Wildman–Crippen LogP) is 2.12. The van der Waals surface area contributed by atoms with Crippen LogP contribution < -0.4 is 5.32 Å². The Balaban J connectivity index is 1.61. The summed E-state index contributed by atoms with van der Waals surface area (Å²) in [5, 5.41) is 3.72. The molecule has 1 N–H and O–H groups in total. The van der Waals surface area contributed by atoms with Gasteiger partial charge in [-0.05, 0) is 38.0 Å². The molecule has 0 aromatic carbocycles. The van der Waals surface area contributed by atoms with Crippen LogP contribution in [-0.2, 0) is 4.74 Å². The third-order valence-electron chi connectivity index (χ3n) is 4.38. The molecule has 1 aliphatic heterocycles. The predicted molar refractivity (Wildman–Crippen MR) is 75.8 cm³/mol. The molecule has 3 heteroatoms. The number of piperazine rings is 1. The minimum atomic E-state index is 0.371. The van der Waals surface area contributed by atoms with E-state index in [2.05, 4.69) is 31.0 Å². The monoisotopic (exact) mass is 254 g/mol. The first-order valence-electron chi connectivity index (χ1n) is 7.65. The van der Waals surface area contributed by atoms with Gasteiger partial charge >= 0.3 is 0 Å². The lowest BCUT2D eigenvalue weighted by atomic mass is 9.93. The maximum absolute atomic E-state index is 5.73. The van der Waals surface area contributed by atoms with Gasteiger partial charge in [0.2, 0.25) is 0 Å². The highest BCUT2D eigenvalue weighted by atomic mass is 16.5. The Labute approximate surface area is 112 Å². The molecule has 106 valence electrons.